The second kappa shape index (κ2) is 8.04. The van der Waals surface area contributed by atoms with Crippen LogP contribution in [0.1, 0.15) is 43.8 Å². The highest BCUT2D eigenvalue weighted by atomic mass is 32.1. The van der Waals surface area contributed by atoms with Gasteiger partial charge in [0.15, 0.2) is 5.78 Å². The van der Waals surface area contributed by atoms with E-state index in [1.807, 2.05) is 19.1 Å². The maximum atomic E-state index is 12.7. The average molecular weight is 331 g/mol. The largest absolute Gasteiger partial charge is 0.396 e. The third-order valence-electron chi connectivity index (χ3n) is 3.55. The maximum Gasteiger partial charge on any atom is 0.254 e. The number of rotatable bonds is 7. The van der Waals surface area contributed by atoms with Gasteiger partial charge >= 0.3 is 0 Å². The highest BCUT2D eigenvalue weighted by molar-refractivity contribution is 7.11. The van der Waals surface area contributed by atoms with Crippen molar-refractivity contribution in [2.45, 2.75) is 26.8 Å². The number of carbonyl (C=O) groups excluding carboxylic acids is 2. The molecule has 0 saturated heterocycles. The van der Waals surface area contributed by atoms with Gasteiger partial charge in [-0.25, -0.2) is 0 Å². The summed E-state index contributed by atoms with van der Waals surface area (Å²) in [7, 11) is 0. The Hall–Kier alpha value is -1.98. The number of benzene rings is 1. The van der Waals surface area contributed by atoms with Gasteiger partial charge in [-0.05, 0) is 44.5 Å². The summed E-state index contributed by atoms with van der Waals surface area (Å²) >= 11 is 1.67. The Morgan fingerprint density at radius 3 is 2.26 bits per heavy atom. The number of amides is 1. The van der Waals surface area contributed by atoms with Gasteiger partial charge in [-0.1, -0.05) is 12.1 Å². The molecule has 0 unspecified atom stereocenters. The van der Waals surface area contributed by atoms with E-state index in [0.717, 1.165) is 4.88 Å². The maximum absolute atomic E-state index is 12.7. The summed E-state index contributed by atoms with van der Waals surface area (Å²) in [6.45, 7) is 4.63. The number of Topliss-reactive ketones (excluding diaryl/α,β-unsaturated/α-hetero) is 1. The molecule has 0 bridgehead atoms. The van der Waals surface area contributed by atoms with Crippen LogP contribution in [0.5, 0.6) is 0 Å². The molecule has 1 aromatic heterocycles. The minimum absolute atomic E-state index is 0.0183. The lowest BCUT2D eigenvalue weighted by Gasteiger charge is -2.22. The van der Waals surface area contributed by atoms with Crippen molar-refractivity contribution in [1.29, 1.82) is 0 Å². The fourth-order valence-corrected chi connectivity index (χ4v) is 3.21. The lowest BCUT2D eigenvalue weighted by molar-refractivity contribution is 0.0733. The number of thiophene rings is 1. The van der Waals surface area contributed by atoms with Gasteiger partial charge in [0.05, 0.1) is 6.54 Å². The lowest BCUT2D eigenvalue weighted by Crippen LogP contribution is -2.31. The molecule has 0 saturated carbocycles. The van der Waals surface area contributed by atoms with Crippen LogP contribution in [0.25, 0.3) is 0 Å². The van der Waals surface area contributed by atoms with Gasteiger partial charge in [0.2, 0.25) is 0 Å². The Bertz CT molecular complexity index is 676. The van der Waals surface area contributed by atoms with Crippen molar-refractivity contribution in [3.63, 3.8) is 0 Å². The highest BCUT2D eigenvalue weighted by Gasteiger charge is 2.17. The summed E-state index contributed by atoms with van der Waals surface area (Å²) in [5.41, 5.74) is 1.15. The number of hydrogen-bond donors (Lipinski definition) is 1. The SMILES string of the molecule is CC(=O)c1ccc(C(=O)N(CCCO)Cc2ccc(C)s2)cc1. The molecule has 0 fully saturated rings. The molecule has 1 heterocycles. The van der Waals surface area contributed by atoms with Crippen LogP contribution in [0.3, 0.4) is 0 Å². The third-order valence-corrected chi connectivity index (χ3v) is 4.54. The first-order chi connectivity index (χ1) is 11.0. The zero-order valence-corrected chi connectivity index (χ0v) is 14.2. The standard InChI is InChI=1S/C18H21NO3S/c1-13-4-9-17(23-13)12-19(10-3-11-20)18(22)16-7-5-15(6-8-16)14(2)21/h4-9,20H,3,10-12H2,1-2H3. The van der Waals surface area contributed by atoms with E-state index in [4.69, 9.17) is 5.11 Å². The number of aliphatic hydroxyl groups excluding tert-OH is 1. The highest BCUT2D eigenvalue weighted by Crippen LogP contribution is 2.19. The van der Waals surface area contributed by atoms with E-state index < -0.39 is 0 Å². The normalized spacial score (nSPS) is 10.6. The number of hydrogen-bond acceptors (Lipinski definition) is 4. The van der Waals surface area contributed by atoms with Crippen molar-refractivity contribution >= 4 is 23.0 Å². The van der Waals surface area contributed by atoms with Crippen molar-refractivity contribution < 1.29 is 14.7 Å². The second-order valence-corrected chi connectivity index (χ2v) is 6.82. The molecule has 0 radical (unpaired) electrons. The first-order valence-corrected chi connectivity index (χ1v) is 8.39. The van der Waals surface area contributed by atoms with Crippen LogP contribution in [0.15, 0.2) is 36.4 Å². The van der Waals surface area contributed by atoms with Gasteiger partial charge in [-0.15, -0.1) is 11.3 Å². The Morgan fingerprint density at radius 1 is 1.09 bits per heavy atom. The molecule has 1 N–H and O–H groups in total. The molecule has 4 nitrogen and oxygen atoms in total. The number of carbonyl (C=O) groups is 2. The third kappa shape index (κ3) is 4.74. The van der Waals surface area contributed by atoms with Crippen LogP contribution in [-0.2, 0) is 6.54 Å². The van der Waals surface area contributed by atoms with Gasteiger partial charge in [0, 0.05) is 34.0 Å². The molecule has 2 aromatic rings. The smallest absolute Gasteiger partial charge is 0.254 e. The average Bonchev–Trinajstić information content (AvgIpc) is 2.96. The van der Waals surface area contributed by atoms with Crippen molar-refractivity contribution in [3.8, 4) is 0 Å². The molecule has 1 aromatic carbocycles. The molecule has 1 amide bonds. The fourth-order valence-electron chi connectivity index (χ4n) is 2.30. The fraction of sp³-hybridized carbons (Fsp3) is 0.333. The number of nitrogens with zero attached hydrogens (tertiary/aromatic N) is 1. The summed E-state index contributed by atoms with van der Waals surface area (Å²) in [6, 6.07) is 10.8. The monoisotopic (exact) mass is 331 g/mol. The molecule has 0 aliphatic carbocycles. The molecular weight excluding hydrogens is 310 g/mol. The van der Waals surface area contributed by atoms with Gasteiger partial charge in [-0.3, -0.25) is 9.59 Å². The summed E-state index contributed by atoms with van der Waals surface area (Å²) in [5, 5.41) is 9.06. The number of aryl methyl sites for hydroxylation is 1. The van der Waals surface area contributed by atoms with E-state index in [9.17, 15) is 9.59 Å². The molecule has 0 aliphatic rings. The van der Waals surface area contributed by atoms with Crippen LogP contribution < -0.4 is 0 Å². The molecule has 0 spiro atoms. The second-order valence-electron chi connectivity index (χ2n) is 5.45. The number of aliphatic hydroxyl groups is 1. The van der Waals surface area contributed by atoms with Crippen LogP contribution in [0, 0.1) is 6.92 Å². The first kappa shape index (κ1) is 17.4. The summed E-state index contributed by atoms with van der Waals surface area (Å²) in [4.78, 5) is 28.1. The van der Waals surface area contributed by atoms with E-state index in [1.54, 1.807) is 40.5 Å². The predicted octanol–water partition coefficient (Wildman–Crippen LogP) is 3.28. The zero-order chi connectivity index (χ0) is 16.8. The topological polar surface area (TPSA) is 57.6 Å². The molecule has 23 heavy (non-hydrogen) atoms. The van der Waals surface area contributed by atoms with E-state index in [2.05, 4.69) is 0 Å². The molecule has 5 heteroatoms. The molecule has 0 atom stereocenters. The summed E-state index contributed by atoms with van der Waals surface area (Å²) in [6.07, 6.45) is 0.543. The van der Waals surface area contributed by atoms with Crippen molar-refractivity contribution in [1.82, 2.24) is 4.90 Å². The van der Waals surface area contributed by atoms with E-state index in [-0.39, 0.29) is 18.3 Å². The Kier molecular flexibility index (Phi) is 6.07. The van der Waals surface area contributed by atoms with Crippen LogP contribution >= 0.6 is 11.3 Å². The van der Waals surface area contributed by atoms with Crippen molar-refractivity contribution in [2.24, 2.45) is 0 Å². The van der Waals surface area contributed by atoms with Crippen LogP contribution in [0.2, 0.25) is 0 Å². The Labute approximate surface area is 140 Å². The van der Waals surface area contributed by atoms with Crippen molar-refractivity contribution in [2.75, 3.05) is 13.2 Å². The van der Waals surface area contributed by atoms with Gasteiger partial charge < -0.3 is 10.0 Å². The first-order valence-electron chi connectivity index (χ1n) is 7.57. The quantitative estimate of drug-likeness (QED) is 0.792. The van der Waals surface area contributed by atoms with E-state index >= 15 is 0 Å². The van der Waals surface area contributed by atoms with E-state index in [0.29, 0.717) is 30.6 Å². The van der Waals surface area contributed by atoms with Gasteiger partial charge in [-0.2, -0.15) is 0 Å². The lowest BCUT2D eigenvalue weighted by atomic mass is 10.1. The summed E-state index contributed by atoms with van der Waals surface area (Å²) < 4.78 is 0. The summed E-state index contributed by atoms with van der Waals surface area (Å²) in [5.74, 6) is -0.102. The molecule has 122 valence electrons. The Morgan fingerprint density at radius 2 is 1.74 bits per heavy atom. The van der Waals surface area contributed by atoms with Gasteiger partial charge in [0.25, 0.3) is 5.91 Å². The zero-order valence-electron chi connectivity index (χ0n) is 13.4. The van der Waals surface area contributed by atoms with E-state index in [1.165, 1.54) is 11.8 Å². The van der Waals surface area contributed by atoms with Crippen LogP contribution in [-0.4, -0.2) is 34.8 Å². The predicted molar refractivity (Wildman–Crippen MR) is 91.9 cm³/mol. The Balaban J connectivity index is 2.16. The van der Waals surface area contributed by atoms with Gasteiger partial charge in [0.1, 0.15) is 0 Å². The van der Waals surface area contributed by atoms with Crippen LogP contribution in [0.4, 0.5) is 0 Å². The minimum atomic E-state index is -0.0837. The minimum Gasteiger partial charge on any atom is -0.396 e. The van der Waals surface area contributed by atoms with Crippen molar-refractivity contribution in [3.05, 3.63) is 57.3 Å². The molecule has 2 rings (SSSR count). The molecule has 0 aliphatic heterocycles. The number of ketones is 1. The molecular formula is C18H21NO3S.